The number of rotatable bonds is 1. The fourth-order valence-electron chi connectivity index (χ4n) is 0.679. The van der Waals surface area contributed by atoms with Gasteiger partial charge in [-0.1, -0.05) is 23.7 Å². The molecule has 0 heterocycles. The highest BCUT2D eigenvalue weighted by atomic mass is 35.5. The lowest BCUT2D eigenvalue weighted by molar-refractivity contribution is 0.206. The van der Waals surface area contributed by atoms with Crippen LogP contribution in [0.5, 0.6) is 0 Å². The summed E-state index contributed by atoms with van der Waals surface area (Å²) in [5.74, 6) is 0. The van der Waals surface area contributed by atoms with E-state index in [0.29, 0.717) is 10.6 Å². The Hall–Kier alpha value is -1.35. The molecular formula is C8H6ClNO2. The molecule has 1 amide bonds. The van der Waals surface area contributed by atoms with E-state index in [4.69, 9.17) is 16.7 Å². The highest BCUT2D eigenvalue weighted by Crippen LogP contribution is 2.07. The number of benzene rings is 1. The van der Waals surface area contributed by atoms with Gasteiger partial charge in [0.15, 0.2) is 0 Å². The second-order valence-electron chi connectivity index (χ2n) is 2.09. The molecule has 0 saturated carbocycles. The smallest absolute Gasteiger partial charge is 0.431 e. The second kappa shape index (κ2) is 3.88. The average Bonchev–Trinajstić information content (AvgIpc) is 2.03. The molecule has 3 nitrogen and oxygen atoms in total. The molecule has 12 heavy (non-hydrogen) atoms. The summed E-state index contributed by atoms with van der Waals surface area (Å²) in [5.41, 5.74) is 0.710. The van der Waals surface area contributed by atoms with Gasteiger partial charge in [0.25, 0.3) is 0 Å². The van der Waals surface area contributed by atoms with Gasteiger partial charge in [0.2, 0.25) is 0 Å². The zero-order chi connectivity index (χ0) is 8.97. The maximum atomic E-state index is 10.0. The van der Waals surface area contributed by atoms with Crippen molar-refractivity contribution in [2.75, 3.05) is 0 Å². The van der Waals surface area contributed by atoms with Gasteiger partial charge in [0.05, 0.1) is 0 Å². The Morgan fingerprint density at radius 1 is 1.42 bits per heavy atom. The Morgan fingerprint density at radius 2 is 2.00 bits per heavy atom. The predicted octanol–water partition coefficient (Wildman–Crippen LogP) is 2.44. The maximum absolute atomic E-state index is 10.0. The molecule has 1 rings (SSSR count). The Balaban J connectivity index is 2.77. The summed E-state index contributed by atoms with van der Waals surface area (Å²) in [5, 5.41) is 8.82. The van der Waals surface area contributed by atoms with Gasteiger partial charge in [0.1, 0.15) is 0 Å². The quantitative estimate of drug-likeness (QED) is 0.680. The first-order valence-corrected chi connectivity index (χ1v) is 3.59. The van der Waals surface area contributed by atoms with E-state index in [2.05, 4.69) is 4.99 Å². The Bertz CT molecular complexity index is 305. The molecule has 62 valence electrons. The Kier molecular flexibility index (Phi) is 2.82. The minimum absolute atomic E-state index is 0.613. The van der Waals surface area contributed by atoms with Crippen LogP contribution in [0.25, 0.3) is 0 Å². The van der Waals surface area contributed by atoms with E-state index in [-0.39, 0.29) is 0 Å². The van der Waals surface area contributed by atoms with E-state index in [1.54, 1.807) is 24.3 Å². The molecular weight excluding hydrogens is 178 g/mol. The van der Waals surface area contributed by atoms with Crippen molar-refractivity contribution >= 4 is 23.9 Å². The van der Waals surface area contributed by atoms with Crippen LogP contribution in [0.1, 0.15) is 5.56 Å². The molecule has 0 aliphatic carbocycles. The van der Waals surface area contributed by atoms with Crippen LogP contribution in [-0.2, 0) is 0 Å². The van der Waals surface area contributed by atoms with E-state index in [1.807, 2.05) is 0 Å². The van der Waals surface area contributed by atoms with Gasteiger partial charge in [0, 0.05) is 11.2 Å². The number of carbonyl (C=O) groups is 1. The molecule has 1 N–H and O–H groups in total. The average molecular weight is 184 g/mol. The van der Waals surface area contributed by atoms with Crippen molar-refractivity contribution in [3.63, 3.8) is 0 Å². The lowest BCUT2D eigenvalue weighted by Gasteiger charge is -1.90. The number of hydrogen-bond donors (Lipinski definition) is 1. The van der Waals surface area contributed by atoms with Gasteiger partial charge in [-0.05, 0) is 17.7 Å². The molecule has 0 fully saturated rings. The molecule has 0 saturated heterocycles. The van der Waals surface area contributed by atoms with Crippen molar-refractivity contribution in [3.8, 4) is 0 Å². The second-order valence-corrected chi connectivity index (χ2v) is 2.53. The summed E-state index contributed by atoms with van der Waals surface area (Å²) in [7, 11) is 0. The topological polar surface area (TPSA) is 49.7 Å². The molecule has 0 spiro atoms. The summed E-state index contributed by atoms with van der Waals surface area (Å²) in [6, 6.07) is 6.72. The number of carboxylic acid groups (broad SMARTS) is 1. The van der Waals surface area contributed by atoms with Crippen molar-refractivity contribution in [1.29, 1.82) is 0 Å². The SMILES string of the molecule is O=C(O)/N=C/c1ccc(Cl)cc1. The van der Waals surface area contributed by atoms with Gasteiger partial charge in [-0.2, -0.15) is 4.99 Å². The summed E-state index contributed by atoms with van der Waals surface area (Å²) >= 11 is 5.61. The van der Waals surface area contributed by atoms with Crippen molar-refractivity contribution in [2.45, 2.75) is 0 Å². The molecule has 0 unspecified atom stereocenters. The fourth-order valence-corrected chi connectivity index (χ4v) is 0.805. The fraction of sp³-hybridized carbons (Fsp3) is 0. The van der Waals surface area contributed by atoms with E-state index < -0.39 is 6.09 Å². The zero-order valence-electron chi connectivity index (χ0n) is 6.07. The molecule has 0 bridgehead atoms. The van der Waals surface area contributed by atoms with Gasteiger partial charge in [-0.25, -0.2) is 4.79 Å². The normalized spacial score (nSPS) is 10.4. The van der Waals surface area contributed by atoms with Crippen molar-refractivity contribution in [3.05, 3.63) is 34.9 Å². The van der Waals surface area contributed by atoms with Crippen LogP contribution in [0.2, 0.25) is 5.02 Å². The van der Waals surface area contributed by atoms with Gasteiger partial charge in [-0.3, -0.25) is 0 Å². The Morgan fingerprint density at radius 3 is 2.50 bits per heavy atom. The molecule has 0 aliphatic rings. The predicted molar refractivity (Wildman–Crippen MR) is 47.1 cm³/mol. The highest BCUT2D eigenvalue weighted by Gasteiger charge is 1.90. The number of amides is 1. The Labute approximate surface area is 74.3 Å². The first-order chi connectivity index (χ1) is 5.68. The van der Waals surface area contributed by atoms with Crippen molar-refractivity contribution in [2.24, 2.45) is 4.99 Å². The minimum atomic E-state index is -1.20. The van der Waals surface area contributed by atoms with Crippen LogP contribution in [0.15, 0.2) is 29.3 Å². The molecule has 0 radical (unpaired) electrons. The van der Waals surface area contributed by atoms with Crippen molar-refractivity contribution < 1.29 is 9.90 Å². The largest absolute Gasteiger partial charge is 0.463 e. The molecule has 0 aromatic heterocycles. The standard InChI is InChI=1S/C8H6ClNO2/c9-7-3-1-6(2-4-7)5-10-8(11)12/h1-5H,(H,11,12)/b10-5+. The lowest BCUT2D eigenvalue weighted by atomic mass is 10.2. The number of aliphatic imine (C=N–C) groups is 1. The molecule has 4 heteroatoms. The molecule has 1 aromatic carbocycles. The summed E-state index contributed by atoms with van der Waals surface area (Å²) < 4.78 is 0. The third-order valence-electron chi connectivity index (χ3n) is 1.19. The summed E-state index contributed by atoms with van der Waals surface area (Å²) in [6.45, 7) is 0. The number of halogens is 1. The summed E-state index contributed by atoms with van der Waals surface area (Å²) in [6.07, 6.45) is 0.0588. The van der Waals surface area contributed by atoms with E-state index in [0.717, 1.165) is 0 Å². The number of hydrogen-bond acceptors (Lipinski definition) is 1. The van der Waals surface area contributed by atoms with Crippen LogP contribution < -0.4 is 0 Å². The van der Waals surface area contributed by atoms with Crippen LogP contribution in [-0.4, -0.2) is 17.4 Å². The van der Waals surface area contributed by atoms with Crippen molar-refractivity contribution in [1.82, 2.24) is 0 Å². The van der Waals surface area contributed by atoms with Gasteiger partial charge in [-0.15, -0.1) is 0 Å². The van der Waals surface area contributed by atoms with Gasteiger partial charge < -0.3 is 5.11 Å². The van der Waals surface area contributed by atoms with E-state index >= 15 is 0 Å². The third kappa shape index (κ3) is 2.72. The van der Waals surface area contributed by atoms with Crippen LogP contribution in [0, 0.1) is 0 Å². The first kappa shape index (κ1) is 8.74. The first-order valence-electron chi connectivity index (χ1n) is 3.21. The third-order valence-corrected chi connectivity index (χ3v) is 1.45. The minimum Gasteiger partial charge on any atom is -0.463 e. The summed E-state index contributed by atoms with van der Waals surface area (Å²) in [4.78, 5) is 13.2. The van der Waals surface area contributed by atoms with E-state index in [1.165, 1.54) is 6.21 Å². The number of nitrogens with zero attached hydrogens (tertiary/aromatic N) is 1. The monoisotopic (exact) mass is 183 g/mol. The van der Waals surface area contributed by atoms with Gasteiger partial charge >= 0.3 is 6.09 Å². The van der Waals surface area contributed by atoms with E-state index in [9.17, 15) is 4.79 Å². The van der Waals surface area contributed by atoms with Crippen LogP contribution >= 0.6 is 11.6 Å². The molecule has 1 aromatic rings. The molecule has 0 aliphatic heterocycles. The lowest BCUT2D eigenvalue weighted by Crippen LogP contribution is -1.87. The maximum Gasteiger partial charge on any atom is 0.431 e. The highest BCUT2D eigenvalue weighted by molar-refractivity contribution is 6.30. The zero-order valence-corrected chi connectivity index (χ0v) is 6.82. The van der Waals surface area contributed by atoms with Crippen LogP contribution in [0.4, 0.5) is 4.79 Å². The van der Waals surface area contributed by atoms with Crippen LogP contribution in [0.3, 0.4) is 0 Å². The molecule has 0 atom stereocenters.